The highest BCUT2D eigenvalue weighted by Gasteiger charge is 2.49. The highest BCUT2D eigenvalue weighted by Crippen LogP contribution is 2.29. The summed E-state index contributed by atoms with van der Waals surface area (Å²) in [6, 6.07) is 19.4. The first-order chi connectivity index (χ1) is 13.7. The Morgan fingerprint density at radius 2 is 1.71 bits per heavy atom. The summed E-state index contributed by atoms with van der Waals surface area (Å²) in [4.78, 5) is 12.4. The molecule has 0 saturated carbocycles. The van der Waals surface area contributed by atoms with E-state index in [2.05, 4.69) is 0 Å². The summed E-state index contributed by atoms with van der Waals surface area (Å²) in [5, 5.41) is 19.1. The van der Waals surface area contributed by atoms with Gasteiger partial charge in [0.15, 0.2) is 6.10 Å². The van der Waals surface area contributed by atoms with Crippen LogP contribution >= 0.6 is 0 Å². The SMILES string of the molecule is N#C/C(=C\c1ccc(-c2ccccc2)cc1)C(=O)O[C@@H]1CO[C@H]2[C@@H]1OC[C@@H]2O. The fourth-order valence-electron chi connectivity index (χ4n) is 3.45. The van der Waals surface area contributed by atoms with Gasteiger partial charge in [-0.15, -0.1) is 0 Å². The standard InChI is InChI=1S/C22H19NO5/c23-11-17(22(25)28-19-13-27-20-18(24)12-26-21(19)20)10-14-6-8-16(9-7-14)15-4-2-1-3-5-15/h1-10,18-21,24H,12-13H2/b17-10+/t18-,19+,20+,21+/m0/s1. The number of aliphatic hydroxyl groups is 1. The Kier molecular flexibility index (Phi) is 5.22. The maximum absolute atomic E-state index is 12.4. The van der Waals surface area contributed by atoms with Crippen molar-refractivity contribution in [1.29, 1.82) is 5.26 Å². The second-order valence-corrected chi connectivity index (χ2v) is 6.76. The molecule has 0 spiro atoms. The number of fused-ring (bicyclic) bond motifs is 1. The molecule has 28 heavy (non-hydrogen) atoms. The van der Waals surface area contributed by atoms with Gasteiger partial charge in [0.2, 0.25) is 0 Å². The van der Waals surface area contributed by atoms with Gasteiger partial charge < -0.3 is 19.3 Å². The average molecular weight is 377 g/mol. The molecule has 6 nitrogen and oxygen atoms in total. The van der Waals surface area contributed by atoms with Crippen molar-refractivity contribution in [2.24, 2.45) is 0 Å². The second-order valence-electron chi connectivity index (χ2n) is 6.76. The normalized spacial score (nSPS) is 26.5. The molecular weight excluding hydrogens is 358 g/mol. The van der Waals surface area contributed by atoms with Crippen molar-refractivity contribution in [3.05, 3.63) is 65.7 Å². The number of carbonyl (C=O) groups is 1. The number of carbonyl (C=O) groups excluding carboxylic acids is 1. The van der Waals surface area contributed by atoms with E-state index in [0.717, 1.165) is 16.7 Å². The third-order valence-corrected chi connectivity index (χ3v) is 4.91. The summed E-state index contributed by atoms with van der Waals surface area (Å²) < 4.78 is 16.3. The lowest BCUT2D eigenvalue weighted by molar-refractivity contribution is -0.148. The highest BCUT2D eigenvalue weighted by atomic mass is 16.6. The minimum Gasteiger partial charge on any atom is -0.453 e. The van der Waals surface area contributed by atoms with E-state index in [-0.39, 0.29) is 18.8 Å². The number of nitrogens with zero attached hydrogens (tertiary/aromatic N) is 1. The van der Waals surface area contributed by atoms with Gasteiger partial charge in [-0.2, -0.15) is 5.26 Å². The molecule has 0 radical (unpaired) electrons. The first-order valence-electron chi connectivity index (χ1n) is 9.05. The van der Waals surface area contributed by atoms with E-state index >= 15 is 0 Å². The first kappa shape index (κ1) is 18.4. The third kappa shape index (κ3) is 3.69. The Morgan fingerprint density at radius 1 is 1.04 bits per heavy atom. The van der Waals surface area contributed by atoms with Crippen LogP contribution in [0.3, 0.4) is 0 Å². The smallest absolute Gasteiger partial charge is 0.349 e. The van der Waals surface area contributed by atoms with Gasteiger partial charge in [-0.05, 0) is 22.8 Å². The molecule has 2 aliphatic heterocycles. The Bertz CT molecular complexity index is 916. The van der Waals surface area contributed by atoms with E-state index in [0.29, 0.717) is 0 Å². The molecule has 4 atom stereocenters. The minimum atomic E-state index is -0.728. The predicted molar refractivity (Wildman–Crippen MR) is 101 cm³/mol. The van der Waals surface area contributed by atoms with Crippen LogP contribution in [0.5, 0.6) is 0 Å². The number of hydrogen-bond acceptors (Lipinski definition) is 6. The first-order valence-corrected chi connectivity index (χ1v) is 9.05. The van der Waals surface area contributed by atoms with Crippen molar-refractivity contribution < 1.29 is 24.1 Å². The van der Waals surface area contributed by atoms with Gasteiger partial charge in [-0.3, -0.25) is 0 Å². The van der Waals surface area contributed by atoms with Crippen molar-refractivity contribution in [2.45, 2.75) is 24.4 Å². The topological polar surface area (TPSA) is 88.8 Å². The second kappa shape index (κ2) is 7.95. The number of aliphatic hydroxyl groups excluding tert-OH is 1. The fraction of sp³-hybridized carbons (Fsp3) is 0.273. The van der Waals surface area contributed by atoms with E-state index in [1.54, 1.807) is 0 Å². The van der Waals surface area contributed by atoms with Crippen molar-refractivity contribution in [3.63, 3.8) is 0 Å². The number of ether oxygens (including phenoxy) is 3. The van der Waals surface area contributed by atoms with Gasteiger partial charge in [-0.1, -0.05) is 54.6 Å². The molecule has 2 heterocycles. The fourth-order valence-corrected chi connectivity index (χ4v) is 3.45. The number of benzene rings is 2. The van der Waals surface area contributed by atoms with Crippen LogP contribution < -0.4 is 0 Å². The molecule has 1 N–H and O–H groups in total. The van der Waals surface area contributed by atoms with Crippen LogP contribution in [-0.4, -0.2) is 48.7 Å². The summed E-state index contributed by atoms with van der Waals surface area (Å²) in [6.07, 6.45) is -0.842. The average Bonchev–Trinajstić information content (AvgIpc) is 3.30. The van der Waals surface area contributed by atoms with Crippen LogP contribution in [0.25, 0.3) is 17.2 Å². The van der Waals surface area contributed by atoms with Crippen LogP contribution in [0.1, 0.15) is 5.56 Å². The zero-order valence-electron chi connectivity index (χ0n) is 15.0. The molecule has 2 aromatic carbocycles. The maximum Gasteiger partial charge on any atom is 0.349 e. The van der Waals surface area contributed by atoms with Crippen LogP contribution in [0.15, 0.2) is 60.2 Å². The van der Waals surface area contributed by atoms with E-state index in [9.17, 15) is 15.2 Å². The molecule has 0 bridgehead atoms. The lowest BCUT2D eigenvalue weighted by Gasteiger charge is -2.16. The molecule has 6 heteroatoms. The van der Waals surface area contributed by atoms with Crippen molar-refractivity contribution >= 4 is 12.0 Å². The Hall–Kier alpha value is -2.98. The lowest BCUT2D eigenvalue weighted by Crippen LogP contribution is -2.34. The van der Waals surface area contributed by atoms with E-state index in [1.165, 1.54) is 6.08 Å². The molecule has 2 saturated heterocycles. The number of hydrogen-bond donors (Lipinski definition) is 1. The van der Waals surface area contributed by atoms with E-state index < -0.39 is 30.4 Å². The van der Waals surface area contributed by atoms with Crippen molar-refractivity contribution in [2.75, 3.05) is 13.2 Å². The molecule has 2 fully saturated rings. The molecule has 0 aliphatic carbocycles. The van der Waals surface area contributed by atoms with E-state index in [4.69, 9.17) is 14.2 Å². The predicted octanol–water partition coefficient (Wildman–Crippen LogP) is 2.33. The van der Waals surface area contributed by atoms with Gasteiger partial charge in [-0.25, -0.2) is 4.79 Å². The summed E-state index contributed by atoms with van der Waals surface area (Å²) in [5.41, 5.74) is 2.76. The molecule has 0 aromatic heterocycles. The van der Waals surface area contributed by atoms with Gasteiger partial charge in [0, 0.05) is 0 Å². The van der Waals surface area contributed by atoms with Crippen LogP contribution in [0.2, 0.25) is 0 Å². The molecule has 142 valence electrons. The number of rotatable bonds is 4. The highest BCUT2D eigenvalue weighted by molar-refractivity contribution is 5.98. The van der Waals surface area contributed by atoms with Gasteiger partial charge >= 0.3 is 5.97 Å². The molecular formula is C22H19NO5. The van der Waals surface area contributed by atoms with Crippen LogP contribution in [0.4, 0.5) is 0 Å². The molecule has 2 aromatic rings. The summed E-state index contributed by atoms with van der Waals surface area (Å²) in [6.45, 7) is 0.292. The van der Waals surface area contributed by atoms with Crippen LogP contribution in [0, 0.1) is 11.3 Å². The Morgan fingerprint density at radius 3 is 2.43 bits per heavy atom. The van der Waals surface area contributed by atoms with Gasteiger partial charge in [0.1, 0.15) is 30.0 Å². The maximum atomic E-state index is 12.4. The molecule has 4 rings (SSSR count). The lowest BCUT2D eigenvalue weighted by atomic mass is 10.0. The number of nitriles is 1. The largest absolute Gasteiger partial charge is 0.453 e. The zero-order chi connectivity index (χ0) is 19.5. The summed E-state index contributed by atoms with van der Waals surface area (Å²) in [5.74, 6) is -0.728. The monoisotopic (exact) mass is 377 g/mol. The van der Waals surface area contributed by atoms with Crippen LogP contribution in [-0.2, 0) is 19.0 Å². The van der Waals surface area contributed by atoms with Gasteiger partial charge in [0.05, 0.1) is 13.2 Å². The summed E-state index contributed by atoms with van der Waals surface area (Å²) in [7, 11) is 0. The quantitative estimate of drug-likeness (QED) is 0.500. The van der Waals surface area contributed by atoms with E-state index in [1.807, 2.05) is 60.7 Å². The molecule has 0 unspecified atom stereocenters. The zero-order valence-corrected chi connectivity index (χ0v) is 15.0. The van der Waals surface area contributed by atoms with Crippen molar-refractivity contribution in [3.8, 4) is 17.2 Å². The van der Waals surface area contributed by atoms with Crippen molar-refractivity contribution in [1.82, 2.24) is 0 Å². The van der Waals surface area contributed by atoms with Gasteiger partial charge in [0.25, 0.3) is 0 Å². The molecule has 0 amide bonds. The third-order valence-electron chi connectivity index (χ3n) is 4.91. The molecule has 2 aliphatic rings. The summed E-state index contributed by atoms with van der Waals surface area (Å²) >= 11 is 0. The Labute approximate surface area is 162 Å². The Balaban J connectivity index is 1.45. The minimum absolute atomic E-state index is 0.102. The number of esters is 1.